The SMILES string of the molecule is O=C([O-])[N+]12CCC(CC1)CC2. The molecule has 0 radical (unpaired) electrons. The van der Waals surface area contributed by atoms with Gasteiger partial charge in [0.1, 0.15) is 0 Å². The lowest BCUT2D eigenvalue weighted by Crippen LogP contribution is -2.65. The van der Waals surface area contributed by atoms with Crippen LogP contribution >= 0.6 is 0 Å². The first-order valence-electron chi connectivity index (χ1n) is 4.31. The van der Waals surface area contributed by atoms with E-state index in [-0.39, 0.29) is 4.48 Å². The summed E-state index contributed by atoms with van der Waals surface area (Å²) in [6, 6.07) is 0. The number of hydrogen-bond donors (Lipinski definition) is 0. The fourth-order valence-electron chi connectivity index (χ4n) is 2.33. The van der Waals surface area contributed by atoms with Crippen molar-refractivity contribution in [2.24, 2.45) is 5.92 Å². The predicted molar refractivity (Wildman–Crippen MR) is 37.6 cm³/mol. The van der Waals surface area contributed by atoms with E-state index in [4.69, 9.17) is 0 Å². The van der Waals surface area contributed by atoms with Crippen LogP contribution in [0.5, 0.6) is 0 Å². The first-order chi connectivity index (χ1) is 5.23. The van der Waals surface area contributed by atoms with Crippen LogP contribution in [0.2, 0.25) is 0 Å². The summed E-state index contributed by atoms with van der Waals surface area (Å²) in [6.45, 7) is 2.44. The topological polar surface area (TPSA) is 40.1 Å². The molecule has 2 bridgehead atoms. The minimum absolute atomic E-state index is 0.247. The van der Waals surface area contributed by atoms with Gasteiger partial charge in [-0.3, -0.25) is 4.48 Å². The maximum absolute atomic E-state index is 10.8. The number of carbonyl (C=O) groups excluding carboxylic acids is 1. The van der Waals surface area contributed by atoms with Crippen LogP contribution in [0.4, 0.5) is 4.79 Å². The molecule has 3 fully saturated rings. The van der Waals surface area contributed by atoms with Gasteiger partial charge in [-0.05, 0) is 5.92 Å². The molecule has 3 nitrogen and oxygen atoms in total. The molecular weight excluding hydrogens is 142 g/mol. The number of carbonyl (C=O) groups is 1. The van der Waals surface area contributed by atoms with Crippen LogP contribution in [0.3, 0.4) is 0 Å². The second kappa shape index (κ2) is 2.21. The number of quaternary nitrogens is 1. The molecule has 11 heavy (non-hydrogen) atoms. The van der Waals surface area contributed by atoms with Crippen LogP contribution in [-0.2, 0) is 0 Å². The Balaban J connectivity index is 2.18. The zero-order chi connectivity index (χ0) is 7.90. The molecule has 0 N–H and O–H groups in total. The lowest BCUT2D eigenvalue weighted by molar-refractivity contribution is -0.891. The third-order valence-corrected chi connectivity index (χ3v) is 3.28. The molecule has 0 aromatic rings. The van der Waals surface area contributed by atoms with Gasteiger partial charge in [0.05, 0.1) is 19.6 Å². The summed E-state index contributed by atoms with van der Waals surface area (Å²) in [5, 5.41) is 10.8. The summed E-state index contributed by atoms with van der Waals surface area (Å²) in [6.07, 6.45) is 2.42. The van der Waals surface area contributed by atoms with E-state index in [0.717, 1.165) is 44.8 Å². The monoisotopic (exact) mass is 155 g/mol. The molecule has 0 aromatic heterocycles. The first-order valence-corrected chi connectivity index (χ1v) is 4.31. The Morgan fingerprint density at radius 2 is 1.64 bits per heavy atom. The van der Waals surface area contributed by atoms with E-state index in [9.17, 15) is 9.90 Å². The van der Waals surface area contributed by atoms with Gasteiger partial charge in [-0.15, -0.1) is 0 Å². The van der Waals surface area contributed by atoms with E-state index in [1.165, 1.54) is 0 Å². The Morgan fingerprint density at radius 1 is 1.18 bits per heavy atom. The summed E-state index contributed by atoms with van der Waals surface area (Å²) < 4.78 is 0.247. The molecular formula is C8H13NO2. The fraction of sp³-hybridized carbons (Fsp3) is 0.875. The molecule has 0 saturated carbocycles. The van der Waals surface area contributed by atoms with E-state index in [0.29, 0.717) is 0 Å². The molecule has 3 heterocycles. The van der Waals surface area contributed by atoms with Crippen molar-refractivity contribution in [2.45, 2.75) is 19.3 Å². The van der Waals surface area contributed by atoms with E-state index >= 15 is 0 Å². The number of rotatable bonds is 0. The van der Waals surface area contributed by atoms with Gasteiger partial charge in [0.2, 0.25) is 0 Å². The van der Waals surface area contributed by atoms with Gasteiger partial charge in [-0.1, -0.05) is 0 Å². The molecule has 0 atom stereocenters. The van der Waals surface area contributed by atoms with Crippen molar-refractivity contribution >= 4 is 6.09 Å². The normalized spacial score (nSPS) is 42.4. The van der Waals surface area contributed by atoms with Gasteiger partial charge in [0, 0.05) is 19.3 Å². The van der Waals surface area contributed by atoms with Crippen LogP contribution < -0.4 is 5.11 Å². The van der Waals surface area contributed by atoms with Gasteiger partial charge < -0.3 is 9.90 Å². The molecule has 3 rings (SSSR count). The van der Waals surface area contributed by atoms with Crippen molar-refractivity contribution in [1.82, 2.24) is 0 Å². The Hall–Kier alpha value is -0.570. The van der Waals surface area contributed by atoms with Crippen molar-refractivity contribution in [1.29, 1.82) is 0 Å². The highest BCUT2D eigenvalue weighted by Gasteiger charge is 2.41. The zero-order valence-corrected chi connectivity index (χ0v) is 6.58. The first kappa shape index (κ1) is 7.10. The van der Waals surface area contributed by atoms with Gasteiger partial charge in [-0.25, -0.2) is 0 Å². The van der Waals surface area contributed by atoms with Crippen LogP contribution in [0.15, 0.2) is 0 Å². The standard InChI is InChI=1S/C8H13NO2/c10-8(11)9-4-1-7(2-5-9)3-6-9/h7H,1-6H2. The van der Waals surface area contributed by atoms with Crippen molar-refractivity contribution in [3.05, 3.63) is 0 Å². The van der Waals surface area contributed by atoms with Gasteiger partial charge in [0.25, 0.3) is 6.09 Å². The maximum Gasteiger partial charge on any atom is 0.257 e. The van der Waals surface area contributed by atoms with E-state index in [2.05, 4.69) is 0 Å². The van der Waals surface area contributed by atoms with Gasteiger partial charge in [0.15, 0.2) is 0 Å². The second-order valence-electron chi connectivity index (χ2n) is 3.81. The molecule has 62 valence electrons. The lowest BCUT2D eigenvalue weighted by Gasteiger charge is -2.48. The Morgan fingerprint density at radius 3 is 1.91 bits per heavy atom. The Labute approximate surface area is 66.2 Å². The fourth-order valence-corrected chi connectivity index (χ4v) is 2.33. The van der Waals surface area contributed by atoms with Crippen LogP contribution in [0, 0.1) is 5.92 Å². The predicted octanol–water partition coefficient (Wildman–Crippen LogP) is -0.0398. The lowest BCUT2D eigenvalue weighted by atomic mass is 9.86. The van der Waals surface area contributed by atoms with E-state index in [1.54, 1.807) is 0 Å². The summed E-state index contributed by atoms with van der Waals surface area (Å²) in [5.41, 5.74) is 0. The molecule has 3 saturated heterocycles. The van der Waals surface area contributed by atoms with Crippen molar-refractivity contribution in [3.8, 4) is 0 Å². The highest BCUT2D eigenvalue weighted by molar-refractivity contribution is 5.54. The van der Waals surface area contributed by atoms with Crippen LogP contribution in [-0.4, -0.2) is 30.2 Å². The Kier molecular flexibility index (Phi) is 1.42. The molecule has 3 aliphatic rings. The maximum atomic E-state index is 10.8. The zero-order valence-electron chi connectivity index (χ0n) is 6.58. The van der Waals surface area contributed by atoms with Crippen LogP contribution in [0.1, 0.15) is 19.3 Å². The van der Waals surface area contributed by atoms with Gasteiger partial charge in [-0.2, -0.15) is 0 Å². The molecule has 1 amide bonds. The Bertz CT molecular complexity index is 169. The number of carboxylic acid groups (broad SMARTS) is 1. The minimum atomic E-state index is -0.858. The molecule has 0 unspecified atom stereocenters. The highest BCUT2D eigenvalue weighted by atomic mass is 16.4. The third kappa shape index (κ3) is 0.948. The number of nitrogens with zero attached hydrogens (tertiary/aromatic N) is 1. The van der Waals surface area contributed by atoms with Crippen LogP contribution in [0.25, 0.3) is 0 Å². The summed E-state index contributed by atoms with van der Waals surface area (Å²) in [7, 11) is 0. The second-order valence-corrected chi connectivity index (χ2v) is 3.81. The summed E-state index contributed by atoms with van der Waals surface area (Å²) in [5.74, 6) is 0.814. The summed E-state index contributed by atoms with van der Waals surface area (Å²) in [4.78, 5) is 10.8. The molecule has 0 spiro atoms. The van der Waals surface area contributed by atoms with E-state index in [1.807, 2.05) is 0 Å². The highest BCUT2D eigenvalue weighted by Crippen LogP contribution is 2.32. The average molecular weight is 155 g/mol. The molecule has 0 aliphatic carbocycles. The van der Waals surface area contributed by atoms with E-state index < -0.39 is 6.09 Å². The van der Waals surface area contributed by atoms with Gasteiger partial charge >= 0.3 is 0 Å². The average Bonchev–Trinajstić information content (AvgIpc) is 2.08. The van der Waals surface area contributed by atoms with Crippen molar-refractivity contribution in [2.75, 3.05) is 19.6 Å². The minimum Gasteiger partial charge on any atom is -0.498 e. The number of fused-ring (bicyclic) bond motifs is 3. The smallest absolute Gasteiger partial charge is 0.257 e. The quantitative estimate of drug-likeness (QED) is 0.460. The number of amides is 1. The van der Waals surface area contributed by atoms with Crippen molar-refractivity contribution in [3.63, 3.8) is 0 Å². The van der Waals surface area contributed by atoms with Crippen molar-refractivity contribution < 1.29 is 14.4 Å². The molecule has 3 aliphatic heterocycles. The number of hydrogen-bond acceptors (Lipinski definition) is 2. The number of piperidine rings is 3. The molecule has 0 aromatic carbocycles. The third-order valence-electron chi connectivity index (χ3n) is 3.28. The molecule has 3 heteroatoms. The summed E-state index contributed by atoms with van der Waals surface area (Å²) >= 11 is 0. The largest absolute Gasteiger partial charge is 0.498 e.